The Morgan fingerprint density at radius 1 is 1.22 bits per heavy atom. The summed E-state index contributed by atoms with van der Waals surface area (Å²) in [5.74, 6) is 0.563. The van der Waals surface area contributed by atoms with Crippen LogP contribution >= 0.6 is 0 Å². The van der Waals surface area contributed by atoms with E-state index in [-0.39, 0.29) is 5.82 Å². The lowest BCUT2D eigenvalue weighted by atomic mass is 10.1. The number of rotatable bonds is 2. The van der Waals surface area contributed by atoms with Gasteiger partial charge in [-0.1, -0.05) is 12.1 Å². The van der Waals surface area contributed by atoms with Crippen LogP contribution in [-0.2, 0) is 0 Å². The first kappa shape index (κ1) is 14.3. The van der Waals surface area contributed by atoms with Crippen molar-refractivity contribution in [3.8, 4) is 11.4 Å². The molecule has 0 bridgehead atoms. The van der Waals surface area contributed by atoms with E-state index in [9.17, 15) is 4.39 Å². The van der Waals surface area contributed by atoms with Gasteiger partial charge in [-0.15, -0.1) is 0 Å². The van der Waals surface area contributed by atoms with Crippen LogP contribution in [0.1, 0.15) is 18.9 Å². The summed E-state index contributed by atoms with van der Waals surface area (Å²) in [4.78, 5) is 11.6. The molecule has 0 saturated carbocycles. The monoisotopic (exact) mass is 310 g/mol. The van der Waals surface area contributed by atoms with Crippen molar-refractivity contribution in [1.29, 1.82) is 0 Å². The average molecular weight is 310 g/mol. The summed E-state index contributed by atoms with van der Waals surface area (Å²) < 4.78 is 15.9. The van der Waals surface area contributed by atoms with Crippen LogP contribution in [0, 0.1) is 5.82 Å². The molecule has 1 atom stereocenters. The fourth-order valence-electron chi connectivity index (χ4n) is 3.46. The average Bonchev–Trinajstić information content (AvgIpc) is 2.94. The summed E-state index contributed by atoms with van der Waals surface area (Å²) in [5, 5.41) is 0. The molecule has 0 spiro atoms. The van der Waals surface area contributed by atoms with Gasteiger partial charge in [0.05, 0.1) is 0 Å². The zero-order valence-electron chi connectivity index (χ0n) is 13.1. The Balaban J connectivity index is 1.91. The molecule has 5 heteroatoms. The molecule has 1 aromatic carbocycles. The maximum absolute atomic E-state index is 13.7. The number of hydrogen-bond acceptors (Lipinski definition) is 3. The van der Waals surface area contributed by atoms with E-state index in [2.05, 4.69) is 21.5 Å². The van der Waals surface area contributed by atoms with Gasteiger partial charge in [0.15, 0.2) is 5.65 Å². The minimum absolute atomic E-state index is 0.241. The Bertz CT molecular complexity index is 842. The van der Waals surface area contributed by atoms with E-state index in [4.69, 9.17) is 4.98 Å². The number of likely N-dealkylation sites (N-methyl/N-ethyl adjacent to an activating group) is 1. The summed E-state index contributed by atoms with van der Waals surface area (Å²) in [6.07, 6.45) is 4.04. The zero-order valence-corrected chi connectivity index (χ0v) is 13.1. The summed E-state index contributed by atoms with van der Waals surface area (Å²) in [6, 6.07) is 10.8. The molecule has 0 amide bonds. The SMILES string of the molecule is CN1CCCC(n2c(-c3cccc(F)c3)nc3cccnc32)C1. The number of hydrogen-bond donors (Lipinski definition) is 0. The molecule has 1 aliphatic heterocycles. The van der Waals surface area contributed by atoms with Crippen molar-refractivity contribution in [3.05, 3.63) is 48.4 Å². The Labute approximate surface area is 134 Å². The maximum atomic E-state index is 13.7. The van der Waals surface area contributed by atoms with Gasteiger partial charge in [0.1, 0.15) is 17.2 Å². The number of halogens is 1. The lowest BCUT2D eigenvalue weighted by Gasteiger charge is -2.31. The highest BCUT2D eigenvalue weighted by molar-refractivity contribution is 5.77. The van der Waals surface area contributed by atoms with Gasteiger partial charge in [0.25, 0.3) is 0 Å². The number of fused-ring (bicyclic) bond motifs is 1. The molecule has 1 aliphatic rings. The van der Waals surface area contributed by atoms with E-state index < -0.39 is 0 Å². The van der Waals surface area contributed by atoms with Crippen molar-refractivity contribution < 1.29 is 4.39 Å². The third-order valence-electron chi connectivity index (χ3n) is 4.50. The molecule has 0 aliphatic carbocycles. The largest absolute Gasteiger partial charge is 0.304 e. The standard InChI is InChI=1S/C18H19FN4/c1-22-10-4-7-15(12-22)23-17(13-5-2-6-14(19)11-13)21-16-8-3-9-20-18(16)23/h2-3,5-6,8-9,11,15H,4,7,10,12H2,1H3. The molecule has 4 nitrogen and oxygen atoms in total. The molecule has 3 aromatic rings. The van der Waals surface area contributed by atoms with Crippen LogP contribution in [0.25, 0.3) is 22.6 Å². The first-order valence-electron chi connectivity index (χ1n) is 8.00. The molecular weight excluding hydrogens is 291 g/mol. The molecule has 2 aromatic heterocycles. The summed E-state index contributed by atoms with van der Waals surface area (Å²) in [7, 11) is 2.14. The van der Waals surface area contributed by atoms with Gasteiger partial charge in [-0.3, -0.25) is 0 Å². The molecule has 3 heterocycles. The second kappa shape index (κ2) is 5.74. The van der Waals surface area contributed by atoms with E-state index in [0.29, 0.717) is 6.04 Å². The number of imidazole rings is 1. The van der Waals surface area contributed by atoms with E-state index in [0.717, 1.165) is 48.5 Å². The minimum atomic E-state index is -0.241. The van der Waals surface area contributed by atoms with Crippen molar-refractivity contribution in [2.75, 3.05) is 20.1 Å². The van der Waals surface area contributed by atoms with Crippen molar-refractivity contribution in [1.82, 2.24) is 19.4 Å². The van der Waals surface area contributed by atoms with Crippen molar-refractivity contribution >= 4 is 11.2 Å². The molecule has 4 rings (SSSR count). The highest BCUT2D eigenvalue weighted by Gasteiger charge is 2.24. The predicted octanol–water partition coefficient (Wildman–Crippen LogP) is 3.50. The topological polar surface area (TPSA) is 34.0 Å². The molecule has 23 heavy (non-hydrogen) atoms. The number of benzene rings is 1. The highest BCUT2D eigenvalue weighted by Crippen LogP contribution is 2.31. The first-order valence-corrected chi connectivity index (χ1v) is 8.00. The Hall–Kier alpha value is -2.27. The molecule has 1 unspecified atom stereocenters. The van der Waals surface area contributed by atoms with Crippen LogP contribution in [0.3, 0.4) is 0 Å². The molecule has 118 valence electrons. The number of piperidine rings is 1. The summed E-state index contributed by atoms with van der Waals surface area (Å²) >= 11 is 0. The van der Waals surface area contributed by atoms with Crippen LogP contribution in [0.2, 0.25) is 0 Å². The lowest BCUT2D eigenvalue weighted by molar-refractivity contribution is 0.215. The van der Waals surface area contributed by atoms with Crippen molar-refractivity contribution in [2.24, 2.45) is 0 Å². The van der Waals surface area contributed by atoms with E-state index in [1.54, 1.807) is 18.3 Å². The third kappa shape index (κ3) is 2.61. The Kier molecular flexibility index (Phi) is 3.58. The van der Waals surface area contributed by atoms with Gasteiger partial charge in [0.2, 0.25) is 0 Å². The van der Waals surface area contributed by atoms with Crippen molar-refractivity contribution in [3.63, 3.8) is 0 Å². The smallest absolute Gasteiger partial charge is 0.160 e. The molecular formula is C18H19FN4. The van der Waals surface area contributed by atoms with Crippen LogP contribution in [0.5, 0.6) is 0 Å². The van der Waals surface area contributed by atoms with E-state index in [1.165, 1.54) is 6.07 Å². The first-order chi connectivity index (χ1) is 11.2. The fourth-order valence-corrected chi connectivity index (χ4v) is 3.46. The summed E-state index contributed by atoms with van der Waals surface area (Å²) in [6.45, 7) is 2.08. The van der Waals surface area contributed by atoms with Gasteiger partial charge < -0.3 is 9.47 Å². The molecule has 0 radical (unpaired) electrons. The van der Waals surface area contributed by atoms with Gasteiger partial charge in [-0.2, -0.15) is 0 Å². The molecule has 0 N–H and O–H groups in total. The second-order valence-corrected chi connectivity index (χ2v) is 6.22. The van der Waals surface area contributed by atoms with Crippen LogP contribution in [-0.4, -0.2) is 39.6 Å². The normalized spacial score (nSPS) is 19.3. The third-order valence-corrected chi connectivity index (χ3v) is 4.50. The number of nitrogens with zero attached hydrogens (tertiary/aromatic N) is 4. The predicted molar refractivity (Wildman–Crippen MR) is 88.7 cm³/mol. The number of likely N-dealkylation sites (tertiary alicyclic amines) is 1. The lowest BCUT2D eigenvalue weighted by Crippen LogP contribution is -2.33. The van der Waals surface area contributed by atoms with E-state index >= 15 is 0 Å². The van der Waals surface area contributed by atoms with Gasteiger partial charge in [-0.05, 0) is 50.7 Å². The number of pyridine rings is 1. The van der Waals surface area contributed by atoms with Crippen LogP contribution in [0.4, 0.5) is 4.39 Å². The Morgan fingerprint density at radius 2 is 2.13 bits per heavy atom. The molecule has 1 saturated heterocycles. The minimum Gasteiger partial charge on any atom is -0.304 e. The van der Waals surface area contributed by atoms with Gasteiger partial charge in [-0.25, -0.2) is 14.4 Å². The van der Waals surface area contributed by atoms with Crippen LogP contribution < -0.4 is 0 Å². The van der Waals surface area contributed by atoms with Gasteiger partial charge >= 0.3 is 0 Å². The highest BCUT2D eigenvalue weighted by atomic mass is 19.1. The second-order valence-electron chi connectivity index (χ2n) is 6.22. The molecule has 1 fully saturated rings. The Morgan fingerprint density at radius 3 is 2.96 bits per heavy atom. The van der Waals surface area contributed by atoms with E-state index in [1.807, 2.05) is 18.2 Å². The van der Waals surface area contributed by atoms with Crippen LogP contribution in [0.15, 0.2) is 42.6 Å². The number of aromatic nitrogens is 3. The fraction of sp³-hybridized carbons (Fsp3) is 0.333. The van der Waals surface area contributed by atoms with Crippen molar-refractivity contribution in [2.45, 2.75) is 18.9 Å². The van der Waals surface area contributed by atoms with Gasteiger partial charge in [0, 0.05) is 24.3 Å². The quantitative estimate of drug-likeness (QED) is 0.726. The summed E-state index contributed by atoms with van der Waals surface area (Å²) in [5.41, 5.74) is 2.54. The maximum Gasteiger partial charge on any atom is 0.160 e. The zero-order chi connectivity index (χ0) is 15.8.